The largest absolute Gasteiger partial charge is 0.344 e. The number of carbonyl (C=O) groups is 1. The number of benzene rings is 2. The van der Waals surface area contributed by atoms with E-state index in [0.29, 0.717) is 6.42 Å². The highest BCUT2D eigenvalue weighted by atomic mass is 16.1. The molecule has 2 N–H and O–H groups in total. The van der Waals surface area contributed by atoms with Gasteiger partial charge < -0.3 is 10.6 Å². The van der Waals surface area contributed by atoms with Crippen LogP contribution in [-0.2, 0) is 19.3 Å². The highest BCUT2D eigenvalue weighted by Gasteiger charge is 2.17. The third-order valence-electron chi connectivity index (χ3n) is 6.35. The second-order valence-corrected chi connectivity index (χ2v) is 9.89. The molecule has 0 unspecified atom stereocenters. The van der Waals surface area contributed by atoms with Gasteiger partial charge in [0.1, 0.15) is 5.84 Å². The van der Waals surface area contributed by atoms with Crippen molar-refractivity contribution in [2.75, 3.05) is 12.4 Å². The van der Waals surface area contributed by atoms with Gasteiger partial charge in [0, 0.05) is 30.4 Å². The maximum Gasteiger partial charge on any atom is 0.255 e. The molecule has 0 saturated carbocycles. The zero-order valence-corrected chi connectivity index (χ0v) is 20.7. The van der Waals surface area contributed by atoms with Gasteiger partial charge >= 0.3 is 0 Å². The first kappa shape index (κ1) is 24.5. The van der Waals surface area contributed by atoms with E-state index in [1.807, 2.05) is 36.4 Å². The molecule has 0 aromatic heterocycles. The Balaban J connectivity index is 1.60. The number of amides is 1. The number of aliphatic imine (C=N–C) groups is 1. The average molecular weight is 444 g/mol. The summed E-state index contributed by atoms with van der Waals surface area (Å²) >= 11 is 0. The van der Waals surface area contributed by atoms with Crippen molar-refractivity contribution in [3.05, 3.63) is 88.6 Å². The number of allylic oxidation sites excluding steroid dienone is 2. The standard InChI is InChI=1S/C29H37N3O/c1-20(29(3,4)5)18-27(30-6)31-21(2)19-22-14-16-24(17-15-22)32-28(33)26-13-9-11-23-10-7-8-12-25(23)26/h9,11,13-18H,2,7-8,10,12,19H2,1,3-6H3,(H,30,31)(H,32,33)/b20-18+. The van der Waals surface area contributed by atoms with Crippen LogP contribution >= 0.6 is 0 Å². The lowest BCUT2D eigenvalue weighted by atomic mass is 9.87. The Hall–Kier alpha value is -3.14. The number of rotatable bonds is 6. The first-order valence-corrected chi connectivity index (χ1v) is 11.8. The lowest BCUT2D eigenvalue weighted by Gasteiger charge is -2.20. The van der Waals surface area contributed by atoms with Crippen LogP contribution in [0, 0.1) is 5.41 Å². The molecule has 0 aliphatic heterocycles. The fourth-order valence-corrected chi connectivity index (χ4v) is 3.95. The molecular weight excluding hydrogens is 406 g/mol. The SMILES string of the molecule is C=C(Cc1ccc(NC(=O)c2cccc3c2CCCC3)cc1)NC(/C=C(\C)C(C)(C)C)=NC. The number of amidine groups is 1. The fourth-order valence-electron chi connectivity index (χ4n) is 3.95. The Bertz CT molecular complexity index is 1070. The summed E-state index contributed by atoms with van der Waals surface area (Å²) in [5, 5.41) is 6.39. The maximum atomic E-state index is 12.9. The van der Waals surface area contributed by atoms with Crippen LogP contribution in [0.4, 0.5) is 5.69 Å². The molecule has 2 aromatic carbocycles. The Labute approximate surface area is 198 Å². The topological polar surface area (TPSA) is 53.5 Å². The van der Waals surface area contributed by atoms with Crippen LogP contribution in [0.15, 0.2) is 71.4 Å². The number of aryl methyl sites for hydroxylation is 1. The van der Waals surface area contributed by atoms with Crippen molar-refractivity contribution >= 4 is 17.4 Å². The monoisotopic (exact) mass is 443 g/mol. The van der Waals surface area contributed by atoms with E-state index in [4.69, 9.17) is 0 Å². The Morgan fingerprint density at radius 3 is 2.45 bits per heavy atom. The summed E-state index contributed by atoms with van der Waals surface area (Å²) in [7, 11) is 1.78. The van der Waals surface area contributed by atoms with Gasteiger partial charge in [0.15, 0.2) is 0 Å². The maximum absolute atomic E-state index is 12.9. The Morgan fingerprint density at radius 2 is 1.79 bits per heavy atom. The second-order valence-electron chi connectivity index (χ2n) is 9.89. The van der Waals surface area contributed by atoms with Gasteiger partial charge in [0.05, 0.1) is 0 Å². The van der Waals surface area contributed by atoms with Gasteiger partial charge in [-0.3, -0.25) is 9.79 Å². The average Bonchev–Trinajstić information content (AvgIpc) is 2.78. The number of anilines is 1. The smallest absolute Gasteiger partial charge is 0.255 e. The molecule has 0 fully saturated rings. The normalized spacial score (nSPS) is 14.5. The van der Waals surface area contributed by atoms with Gasteiger partial charge in [-0.2, -0.15) is 0 Å². The first-order chi connectivity index (χ1) is 15.7. The first-order valence-electron chi connectivity index (χ1n) is 11.8. The summed E-state index contributed by atoms with van der Waals surface area (Å²) in [5.41, 5.74) is 7.48. The zero-order valence-electron chi connectivity index (χ0n) is 20.7. The van der Waals surface area contributed by atoms with Crippen molar-refractivity contribution in [1.29, 1.82) is 0 Å². The molecule has 0 heterocycles. The van der Waals surface area contributed by atoms with E-state index < -0.39 is 0 Å². The Morgan fingerprint density at radius 1 is 1.09 bits per heavy atom. The van der Waals surface area contributed by atoms with Gasteiger partial charge in [-0.1, -0.05) is 57.2 Å². The molecule has 1 amide bonds. The molecule has 0 spiro atoms. The third kappa shape index (κ3) is 6.67. The summed E-state index contributed by atoms with van der Waals surface area (Å²) < 4.78 is 0. The minimum Gasteiger partial charge on any atom is -0.344 e. The minimum absolute atomic E-state index is 0.0302. The number of hydrogen-bond donors (Lipinski definition) is 2. The summed E-state index contributed by atoms with van der Waals surface area (Å²) in [6.45, 7) is 12.9. The molecule has 33 heavy (non-hydrogen) atoms. The molecule has 174 valence electrons. The number of nitrogens with zero attached hydrogens (tertiary/aromatic N) is 1. The van der Waals surface area contributed by atoms with Crippen molar-refractivity contribution in [2.24, 2.45) is 10.4 Å². The fraction of sp³-hybridized carbons (Fsp3) is 0.379. The Kier molecular flexibility index (Phi) is 7.91. The summed E-state index contributed by atoms with van der Waals surface area (Å²) in [4.78, 5) is 17.3. The molecule has 0 saturated heterocycles. The number of fused-ring (bicyclic) bond motifs is 1. The highest BCUT2D eigenvalue weighted by molar-refractivity contribution is 6.05. The van der Waals surface area contributed by atoms with Crippen molar-refractivity contribution in [2.45, 2.75) is 59.8 Å². The lowest BCUT2D eigenvalue weighted by molar-refractivity contribution is 0.102. The van der Waals surface area contributed by atoms with Gasteiger partial charge in [0.2, 0.25) is 0 Å². The molecule has 3 rings (SSSR count). The molecule has 0 atom stereocenters. The van der Waals surface area contributed by atoms with Crippen LogP contribution in [0.3, 0.4) is 0 Å². The zero-order chi connectivity index (χ0) is 24.0. The van der Waals surface area contributed by atoms with Crippen LogP contribution in [0.1, 0.15) is 67.6 Å². The molecule has 2 aromatic rings. The van der Waals surface area contributed by atoms with Crippen molar-refractivity contribution in [3.63, 3.8) is 0 Å². The summed E-state index contributed by atoms with van der Waals surface area (Å²) in [6, 6.07) is 14.0. The number of nitrogens with one attached hydrogen (secondary N) is 2. The summed E-state index contributed by atoms with van der Waals surface area (Å²) in [5.74, 6) is 0.778. The number of hydrogen-bond acceptors (Lipinski definition) is 2. The van der Waals surface area contributed by atoms with E-state index in [-0.39, 0.29) is 11.3 Å². The van der Waals surface area contributed by atoms with Crippen molar-refractivity contribution < 1.29 is 4.79 Å². The van der Waals surface area contributed by atoms with E-state index in [2.05, 4.69) is 62.0 Å². The van der Waals surface area contributed by atoms with Crippen LogP contribution in [0.25, 0.3) is 0 Å². The molecule has 0 radical (unpaired) electrons. The third-order valence-corrected chi connectivity index (χ3v) is 6.35. The minimum atomic E-state index is -0.0302. The van der Waals surface area contributed by atoms with E-state index in [1.165, 1.54) is 23.1 Å². The predicted octanol–water partition coefficient (Wildman–Crippen LogP) is 6.48. The van der Waals surface area contributed by atoms with Crippen molar-refractivity contribution in [3.8, 4) is 0 Å². The molecule has 0 bridgehead atoms. The number of carbonyl (C=O) groups excluding carboxylic acids is 1. The molecule has 1 aliphatic carbocycles. The van der Waals surface area contributed by atoms with Gasteiger partial charge in [0.25, 0.3) is 5.91 Å². The van der Waals surface area contributed by atoms with Gasteiger partial charge in [-0.25, -0.2) is 0 Å². The molecular formula is C29H37N3O. The lowest BCUT2D eigenvalue weighted by Crippen LogP contribution is -2.23. The quantitative estimate of drug-likeness (QED) is 0.396. The van der Waals surface area contributed by atoms with Crippen molar-refractivity contribution in [1.82, 2.24) is 5.32 Å². The van der Waals surface area contributed by atoms with Crippen LogP contribution in [0.5, 0.6) is 0 Å². The molecule has 4 heteroatoms. The second kappa shape index (κ2) is 10.7. The van der Waals surface area contributed by atoms with E-state index in [9.17, 15) is 4.79 Å². The molecule has 4 nitrogen and oxygen atoms in total. The van der Waals surface area contributed by atoms with Crippen LogP contribution in [-0.4, -0.2) is 18.8 Å². The van der Waals surface area contributed by atoms with E-state index in [0.717, 1.165) is 47.6 Å². The van der Waals surface area contributed by atoms with Crippen LogP contribution < -0.4 is 10.6 Å². The van der Waals surface area contributed by atoms with Gasteiger partial charge in [-0.05, 0) is 79.0 Å². The van der Waals surface area contributed by atoms with E-state index >= 15 is 0 Å². The summed E-state index contributed by atoms with van der Waals surface area (Å²) in [6.07, 6.45) is 7.17. The highest BCUT2D eigenvalue weighted by Crippen LogP contribution is 2.26. The predicted molar refractivity (Wildman–Crippen MR) is 140 cm³/mol. The van der Waals surface area contributed by atoms with Gasteiger partial charge in [-0.15, -0.1) is 0 Å². The van der Waals surface area contributed by atoms with E-state index in [1.54, 1.807) is 7.05 Å². The molecule has 1 aliphatic rings. The van der Waals surface area contributed by atoms with Crippen LogP contribution in [0.2, 0.25) is 0 Å².